The van der Waals surface area contributed by atoms with Gasteiger partial charge >= 0.3 is 12.0 Å². The first kappa shape index (κ1) is 15.8. The first-order valence-corrected chi connectivity index (χ1v) is 6.58. The summed E-state index contributed by atoms with van der Waals surface area (Å²) in [5, 5.41) is 11.8. The highest BCUT2D eigenvalue weighted by atomic mass is 16.5. The second kappa shape index (κ2) is 5.36. The Morgan fingerprint density at radius 2 is 2.11 bits per heavy atom. The van der Waals surface area contributed by atoms with Crippen molar-refractivity contribution in [2.45, 2.75) is 58.3 Å². The maximum Gasteiger partial charge on any atom is 0.329 e. The third-order valence-electron chi connectivity index (χ3n) is 3.42. The van der Waals surface area contributed by atoms with Gasteiger partial charge in [0.05, 0.1) is 18.2 Å². The van der Waals surface area contributed by atoms with E-state index in [1.54, 1.807) is 11.8 Å². The molecule has 1 heterocycles. The zero-order chi connectivity index (χ0) is 14.8. The number of ether oxygens (including phenoxy) is 1. The number of hydrogen-bond acceptors (Lipinski definition) is 3. The topological polar surface area (TPSA) is 78.9 Å². The fourth-order valence-corrected chi connectivity index (χ4v) is 2.22. The van der Waals surface area contributed by atoms with Crippen LogP contribution in [0, 0.1) is 0 Å². The lowest BCUT2D eigenvalue weighted by Crippen LogP contribution is -2.61. The van der Waals surface area contributed by atoms with Crippen LogP contribution in [-0.4, -0.2) is 52.3 Å². The van der Waals surface area contributed by atoms with Gasteiger partial charge in [-0.3, -0.25) is 0 Å². The molecule has 1 aliphatic heterocycles. The Labute approximate surface area is 114 Å². The molecule has 0 aromatic rings. The molecule has 2 atom stereocenters. The minimum atomic E-state index is -1.23. The van der Waals surface area contributed by atoms with Crippen LogP contribution in [0.3, 0.4) is 0 Å². The van der Waals surface area contributed by atoms with Gasteiger partial charge in [0, 0.05) is 6.54 Å². The number of nitrogens with zero attached hydrogens (tertiary/aromatic N) is 1. The molecule has 0 aliphatic carbocycles. The summed E-state index contributed by atoms with van der Waals surface area (Å²) in [5.41, 5.74) is -1.65. The Bertz CT molecular complexity index is 370. The summed E-state index contributed by atoms with van der Waals surface area (Å²) in [6, 6.07) is -0.352. The molecule has 110 valence electrons. The molecule has 1 saturated heterocycles. The number of carboxylic acids is 1. The average Bonchev–Trinajstić information content (AvgIpc) is 2.25. The number of aliphatic carboxylic acids is 1. The molecule has 2 unspecified atom stereocenters. The van der Waals surface area contributed by atoms with E-state index in [0.717, 1.165) is 0 Å². The highest BCUT2D eigenvalue weighted by Gasteiger charge is 2.38. The fraction of sp³-hybridized carbons (Fsp3) is 0.846. The van der Waals surface area contributed by atoms with E-state index < -0.39 is 17.1 Å². The Balaban J connectivity index is 2.75. The van der Waals surface area contributed by atoms with Crippen molar-refractivity contribution >= 4 is 12.0 Å². The van der Waals surface area contributed by atoms with E-state index in [-0.39, 0.29) is 12.1 Å². The van der Waals surface area contributed by atoms with Crippen molar-refractivity contribution in [2.75, 3.05) is 13.1 Å². The minimum absolute atomic E-state index is 0.0628. The number of carboxylic acid groups (broad SMARTS) is 1. The highest BCUT2D eigenvalue weighted by molar-refractivity contribution is 5.85. The number of carbonyl (C=O) groups excluding carboxylic acids is 1. The summed E-state index contributed by atoms with van der Waals surface area (Å²) in [6.07, 6.45) is 0.268. The van der Waals surface area contributed by atoms with Gasteiger partial charge in [0.2, 0.25) is 0 Å². The molecular weight excluding hydrogens is 248 g/mol. The molecule has 0 saturated carbocycles. The standard InChI is InChI=1S/C13H24N2O4/c1-6-13(5,10(16)17)14-11(18)15-7-9(2)19-12(3,4)8-15/h9H,6-8H2,1-5H3,(H,14,18)(H,16,17). The van der Waals surface area contributed by atoms with Gasteiger partial charge in [0.15, 0.2) is 0 Å². The van der Waals surface area contributed by atoms with E-state index in [4.69, 9.17) is 4.74 Å². The van der Waals surface area contributed by atoms with E-state index in [2.05, 4.69) is 5.32 Å². The summed E-state index contributed by atoms with van der Waals surface area (Å²) in [6.45, 7) is 9.90. The van der Waals surface area contributed by atoms with Crippen LogP contribution in [-0.2, 0) is 9.53 Å². The predicted molar refractivity (Wildman–Crippen MR) is 71.1 cm³/mol. The molecule has 6 heteroatoms. The van der Waals surface area contributed by atoms with Crippen molar-refractivity contribution in [3.05, 3.63) is 0 Å². The molecule has 0 aromatic heterocycles. The van der Waals surface area contributed by atoms with Crippen molar-refractivity contribution < 1.29 is 19.4 Å². The molecule has 2 amide bonds. The number of rotatable bonds is 3. The van der Waals surface area contributed by atoms with Gasteiger partial charge in [0.25, 0.3) is 0 Å². The SMILES string of the molecule is CCC(C)(NC(=O)N1CC(C)OC(C)(C)C1)C(=O)O. The zero-order valence-corrected chi connectivity index (χ0v) is 12.3. The first-order valence-electron chi connectivity index (χ1n) is 6.58. The van der Waals surface area contributed by atoms with Crippen LogP contribution in [0.2, 0.25) is 0 Å². The second-order valence-electron chi connectivity index (χ2n) is 5.99. The van der Waals surface area contributed by atoms with Crippen molar-refractivity contribution in [3.63, 3.8) is 0 Å². The van der Waals surface area contributed by atoms with Crippen molar-refractivity contribution in [1.82, 2.24) is 10.2 Å². The Kier molecular flexibility index (Phi) is 4.45. The first-order chi connectivity index (χ1) is 8.59. The van der Waals surface area contributed by atoms with Crippen LogP contribution >= 0.6 is 0 Å². The maximum absolute atomic E-state index is 12.2. The number of hydrogen-bond donors (Lipinski definition) is 2. The van der Waals surface area contributed by atoms with Crippen LogP contribution in [0.4, 0.5) is 4.79 Å². The molecule has 19 heavy (non-hydrogen) atoms. The maximum atomic E-state index is 12.2. The third-order valence-corrected chi connectivity index (χ3v) is 3.42. The summed E-state index contributed by atoms with van der Waals surface area (Å²) in [4.78, 5) is 25.0. The molecule has 0 bridgehead atoms. The third kappa shape index (κ3) is 3.83. The van der Waals surface area contributed by atoms with E-state index in [1.165, 1.54) is 6.92 Å². The van der Waals surface area contributed by atoms with Crippen LogP contribution in [0.5, 0.6) is 0 Å². The molecule has 0 radical (unpaired) electrons. The zero-order valence-electron chi connectivity index (χ0n) is 12.3. The largest absolute Gasteiger partial charge is 0.480 e. The minimum Gasteiger partial charge on any atom is -0.480 e. The summed E-state index contributed by atoms with van der Waals surface area (Å²) in [5.74, 6) is -1.02. The lowest BCUT2D eigenvalue weighted by molar-refractivity contribution is -0.144. The van der Waals surface area contributed by atoms with E-state index in [0.29, 0.717) is 19.5 Å². The molecule has 0 spiro atoms. The quantitative estimate of drug-likeness (QED) is 0.815. The molecule has 2 N–H and O–H groups in total. The number of nitrogens with one attached hydrogen (secondary N) is 1. The summed E-state index contributed by atoms with van der Waals surface area (Å²) < 4.78 is 5.72. The molecule has 1 rings (SSSR count). The molecule has 6 nitrogen and oxygen atoms in total. The Hall–Kier alpha value is -1.30. The van der Waals surface area contributed by atoms with Crippen LogP contribution in [0.1, 0.15) is 41.0 Å². The molecular formula is C13H24N2O4. The van der Waals surface area contributed by atoms with Gasteiger partial charge in [-0.15, -0.1) is 0 Å². The average molecular weight is 272 g/mol. The number of urea groups is 1. The van der Waals surface area contributed by atoms with Crippen LogP contribution < -0.4 is 5.32 Å². The summed E-state index contributed by atoms with van der Waals surface area (Å²) in [7, 11) is 0. The number of morpholine rings is 1. The van der Waals surface area contributed by atoms with Crippen LogP contribution in [0.15, 0.2) is 0 Å². The van der Waals surface area contributed by atoms with Crippen molar-refractivity contribution in [3.8, 4) is 0 Å². The Morgan fingerprint density at radius 3 is 2.53 bits per heavy atom. The second-order valence-corrected chi connectivity index (χ2v) is 5.99. The van der Waals surface area contributed by atoms with Gasteiger partial charge in [-0.2, -0.15) is 0 Å². The van der Waals surface area contributed by atoms with Gasteiger partial charge in [-0.25, -0.2) is 9.59 Å². The van der Waals surface area contributed by atoms with E-state index in [9.17, 15) is 14.7 Å². The predicted octanol–water partition coefficient (Wildman–Crippen LogP) is 1.45. The molecule has 1 aliphatic rings. The summed E-state index contributed by atoms with van der Waals surface area (Å²) >= 11 is 0. The van der Waals surface area contributed by atoms with E-state index in [1.807, 2.05) is 20.8 Å². The lowest BCUT2D eigenvalue weighted by atomic mass is 9.99. The lowest BCUT2D eigenvalue weighted by Gasteiger charge is -2.42. The number of amides is 2. The van der Waals surface area contributed by atoms with Crippen molar-refractivity contribution in [1.29, 1.82) is 0 Å². The van der Waals surface area contributed by atoms with Crippen molar-refractivity contribution in [2.24, 2.45) is 0 Å². The number of carbonyl (C=O) groups is 2. The molecule has 0 aromatic carbocycles. The van der Waals surface area contributed by atoms with E-state index >= 15 is 0 Å². The highest BCUT2D eigenvalue weighted by Crippen LogP contribution is 2.21. The van der Waals surface area contributed by atoms with Crippen LogP contribution in [0.25, 0.3) is 0 Å². The monoisotopic (exact) mass is 272 g/mol. The molecule has 1 fully saturated rings. The smallest absolute Gasteiger partial charge is 0.329 e. The van der Waals surface area contributed by atoms with Gasteiger partial charge in [-0.1, -0.05) is 6.92 Å². The van der Waals surface area contributed by atoms with Gasteiger partial charge in [-0.05, 0) is 34.1 Å². The fourth-order valence-electron chi connectivity index (χ4n) is 2.22. The van der Waals surface area contributed by atoms with Gasteiger partial charge in [0.1, 0.15) is 5.54 Å². The normalized spacial score (nSPS) is 25.5. The van der Waals surface area contributed by atoms with Gasteiger partial charge < -0.3 is 20.1 Å². The Morgan fingerprint density at radius 1 is 1.53 bits per heavy atom.